The third-order valence-corrected chi connectivity index (χ3v) is 5.23. The van der Waals surface area contributed by atoms with E-state index in [2.05, 4.69) is 65.0 Å². The first-order valence-corrected chi connectivity index (χ1v) is 10.2. The van der Waals surface area contributed by atoms with E-state index >= 15 is 0 Å². The van der Waals surface area contributed by atoms with E-state index in [1.54, 1.807) is 0 Å². The Balaban J connectivity index is 1.40. The van der Waals surface area contributed by atoms with Gasteiger partial charge in [-0.25, -0.2) is 0 Å². The van der Waals surface area contributed by atoms with Crippen LogP contribution < -0.4 is 15.5 Å². The molecule has 0 aliphatic carbocycles. The molecule has 0 spiro atoms. The molecule has 30 heavy (non-hydrogen) atoms. The third-order valence-electron chi connectivity index (χ3n) is 5.23. The lowest BCUT2D eigenvalue weighted by Gasteiger charge is -2.14. The summed E-state index contributed by atoms with van der Waals surface area (Å²) in [5.74, 6) is 1.36. The van der Waals surface area contributed by atoms with Gasteiger partial charge in [0.1, 0.15) is 5.82 Å². The molecule has 154 valence electrons. The van der Waals surface area contributed by atoms with E-state index < -0.39 is 0 Å². The minimum absolute atomic E-state index is 0.0389. The fraction of sp³-hybridized carbons (Fsp3) is 0.250. The largest absolute Gasteiger partial charge is 0.385 e. The van der Waals surface area contributed by atoms with E-state index in [4.69, 9.17) is 4.84 Å². The lowest BCUT2D eigenvalue weighted by Crippen LogP contribution is -2.33. The molecule has 0 saturated heterocycles. The van der Waals surface area contributed by atoms with E-state index in [-0.39, 0.29) is 5.91 Å². The van der Waals surface area contributed by atoms with Gasteiger partial charge in [-0.15, -0.1) is 5.06 Å². The van der Waals surface area contributed by atoms with Gasteiger partial charge >= 0.3 is 0 Å². The molecule has 0 radical (unpaired) electrons. The summed E-state index contributed by atoms with van der Waals surface area (Å²) in [6, 6.07) is 20.8. The van der Waals surface area contributed by atoms with Crippen LogP contribution in [0, 0.1) is 6.92 Å². The normalized spacial score (nSPS) is 12.9. The Bertz CT molecular complexity index is 1040. The van der Waals surface area contributed by atoms with Crippen LogP contribution in [-0.4, -0.2) is 29.0 Å². The van der Waals surface area contributed by atoms with Crippen molar-refractivity contribution in [3.8, 4) is 17.0 Å². The van der Waals surface area contributed by atoms with Gasteiger partial charge < -0.3 is 15.5 Å². The zero-order valence-corrected chi connectivity index (χ0v) is 17.3. The fourth-order valence-electron chi connectivity index (χ4n) is 3.58. The smallest absolute Gasteiger partial charge is 0.244 e. The maximum absolute atomic E-state index is 11.0. The minimum Gasteiger partial charge on any atom is -0.385 e. The summed E-state index contributed by atoms with van der Waals surface area (Å²) in [4.78, 5) is 21.4. The van der Waals surface area contributed by atoms with Crippen molar-refractivity contribution in [3.63, 3.8) is 0 Å². The molecular weight excluding hydrogens is 376 g/mol. The number of hydrogen-bond donors (Lipinski definition) is 2. The molecule has 1 amide bonds. The molecule has 0 atom stereocenters. The van der Waals surface area contributed by atoms with Crippen LogP contribution in [0.25, 0.3) is 11.1 Å². The number of hydrogen-bond acceptors (Lipinski definition) is 5. The Morgan fingerprint density at radius 1 is 1.10 bits per heavy atom. The highest BCUT2D eigenvalue weighted by Gasteiger charge is 2.22. The molecule has 0 unspecified atom stereocenters. The molecule has 0 fully saturated rings. The number of rotatable bonds is 7. The number of nitrogens with one attached hydrogen (secondary N) is 2. The molecule has 2 heterocycles. The van der Waals surface area contributed by atoms with E-state index in [9.17, 15) is 4.79 Å². The number of anilines is 1. The van der Waals surface area contributed by atoms with E-state index in [1.165, 1.54) is 29.2 Å². The molecule has 3 aromatic rings. The van der Waals surface area contributed by atoms with Gasteiger partial charge in [-0.1, -0.05) is 48.5 Å². The van der Waals surface area contributed by atoms with Crippen LogP contribution >= 0.6 is 0 Å². The zero-order chi connectivity index (χ0) is 20.9. The summed E-state index contributed by atoms with van der Waals surface area (Å²) >= 11 is 0. The number of nitrogens with zero attached hydrogens (tertiary/aromatic N) is 2. The summed E-state index contributed by atoms with van der Waals surface area (Å²) in [5.41, 5.74) is 6.01. The van der Waals surface area contributed by atoms with Gasteiger partial charge in [0, 0.05) is 25.6 Å². The zero-order valence-electron chi connectivity index (χ0n) is 17.3. The first-order valence-electron chi connectivity index (χ1n) is 10.2. The topological polar surface area (TPSA) is 66.5 Å². The highest BCUT2D eigenvalue weighted by molar-refractivity contribution is 5.72. The van der Waals surface area contributed by atoms with Gasteiger partial charge in [-0.3, -0.25) is 4.79 Å². The molecule has 2 aromatic carbocycles. The van der Waals surface area contributed by atoms with Gasteiger partial charge in [0.05, 0.1) is 13.1 Å². The predicted octanol–water partition coefficient (Wildman–Crippen LogP) is 3.91. The molecule has 6 nitrogen and oxygen atoms in total. The number of carbonyl (C=O) groups excluding carboxylic acids is 1. The number of amides is 1. The summed E-state index contributed by atoms with van der Waals surface area (Å²) in [7, 11) is 0. The van der Waals surface area contributed by atoms with Crippen LogP contribution in [0.5, 0.6) is 5.88 Å². The Morgan fingerprint density at radius 2 is 1.93 bits per heavy atom. The summed E-state index contributed by atoms with van der Waals surface area (Å²) in [5, 5.41) is 8.00. The van der Waals surface area contributed by atoms with Gasteiger partial charge in [-0.05, 0) is 41.3 Å². The van der Waals surface area contributed by atoms with Crippen LogP contribution in [0.1, 0.15) is 23.6 Å². The van der Waals surface area contributed by atoms with Gasteiger partial charge in [0.2, 0.25) is 11.8 Å². The predicted molar refractivity (Wildman–Crippen MR) is 118 cm³/mol. The third kappa shape index (κ3) is 4.60. The van der Waals surface area contributed by atoms with Gasteiger partial charge in [0.25, 0.3) is 0 Å². The summed E-state index contributed by atoms with van der Waals surface area (Å²) in [6.07, 6.45) is 0. The second kappa shape index (κ2) is 8.97. The Labute approximate surface area is 176 Å². The van der Waals surface area contributed by atoms with E-state index in [0.717, 1.165) is 11.4 Å². The van der Waals surface area contributed by atoms with Crippen LogP contribution in [0.15, 0.2) is 60.7 Å². The fourth-order valence-corrected chi connectivity index (χ4v) is 3.58. The summed E-state index contributed by atoms with van der Waals surface area (Å²) < 4.78 is 0. The van der Waals surface area contributed by atoms with E-state index in [1.807, 2.05) is 23.3 Å². The summed E-state index contributed by atoms with van der Waals surface area (Å²) in [6.45, 7) is 6.18. The van der Waals surface area contributed by atoms with Crippen molar-refractivity contribution < 1.29 is 9.63 Å². The number of benzene rings is 2. The molecule has 1 aromatic heterocycles. The average Bonchev–Trinajstić information content (AvgIpc) is 3.15. The van der Waals surface area contributed by atoms with Crippen molar-refractivity contribution >= 4 is 11.7 Å². The number of hydroxylamine groups is 2. The van der Waals surface area contributed by atoms with Crippen LogP contribution in [-0.2, 0) is 17.9 Å². The molecule has 0 bridgehead atoms. The van der Waals surface area contributed by atoms with Crippen LogP contribution in [0.3, 0.4) is 0 Å². The Morgan fingerprint density at radius 3 is 2.73 bits per heavy atom. The second-order valence-electron chi connectivity index (χ2n) is 7.41. The standard InChI is InChI=1S/C24H26N4O2/c1-17-20(9-6-10-22(17)19-7-4-3-5-8-19)15-26-23-12-11-21-16-28(30-24(21)27-23)14-13-25-18(2)29/h3-12H,13-16H2,1-2H3,(H,25,29)(H,26,27). The van der Waals surface area contributed by atoms with Gasteiger partial charge in [-0.2, -0.15) is 4.98 Å². The highest BCUT2D eigenvalue weighted by atomic mass is 16.7. The van der Waals surface area contributed by atoms with Crippen molar-refractivity contribution in [2.45, 2.75) is 26.9 Å². The minimum atomic E-state index is -0.0389. The number of carbonyl (C=O) groups is 1. The van der Waals surface area contributed by atoms with Crippen molar-refractivity contribution in [2.24, 2.45) is 0 Å². The van der Waals surface area contributed by atoms with Crippen LogP contribution in [0.4, 0.5) is 5.82 Å². The Kier molecular flexibility index (Phi) is 5.95. The Hall–Kier alpha value is -3.38. The quantitative estimate of drug-likeness (QED) is 0.627. The van der Waals surface area contributed by atoms with Crippen molar-refractivity contribution in [2.75, 3.05) is 18.4 Å². The second-order valence-corrected chi connectivity index (χ2v) is 7.41. The molecule has 1 aliphatic heterocycles. The molecule has 0 saturated carbocycles. The monoisotopic (exact) mass is 402 g/mol. The van der Waals surface area contributed by atoms with Gasteiger partial charge in [0.15, 0.2) is 0 Å². The first kappa shape index (κ1) is 19.9. The number of fused-ring (bicyclic) bond motifs is 1. The first-order chi connectivity index (χ1) is 14.6. The van der Waals surface area contributed by atoms with Crippen molar-refractivity contribution in [1.29, 1.82) is 0 Å². The maximum atomic E-state index is 11.0. The highest BCUT2D eigenvalue weighted by Crippen LogP contribution is 2.28. The molecule has 6 heteroatoms. The molecule has 1 aliphatic rings. The SMILES string of the molecule is CC(=O)NCCN1Cc2ccc(NCc3cccc(-c4ccccc4)c3C)nc2O1. The van der Waals surface area contributed by atoms with Crippen molar-refractivity contribution in [1.82, 2.24) is 15.4 Å². The lowest BCUT2D eigenvalue weighted by molar-refractivity contribution is -0.119. The molecule has 2 N–H and O–H groups in total. The molecule has 4 rings (SSSR count). The number of pyridine rings is 1. The van der Waals surface area contributed by atoms with Crippen molar-refractivity contribution in [3.05, 3.63) is 77.4 Å². The average molecular weight is 402 g/mol. The molecular formula is C24H26N4O2. The van der Waals surface area contributed by atoms with E-state index in [0.29, 0.717) is 32.1 Å². The maximum Gasteiger partial charge on any atom is 0.244 e. The number of aromatic nitrogens is 1. The van der Waals surface area contributed by atoms with Crippen LogP contribution in [0.2, 0.25) is 0 Å². The lowest BCUT2D eigenvalue weighted by atomic mass is 9.96.